The maximum atomic E-state index is 4.61. The smallest absolute Gasteiger partial charge is 0.0764 e. The molecule has 0 radical (unpaired) electrons. The molecule has 1 N–H and O–H groups in total. The predicted octanol–water partition coefficient (Wildman–Crippen LogP) is 3.71. The van der Waals surface area contributed by atoms with E-state index in [2.05, 4.69) is 48.6 Å². The van der Waals surface area contributed by atoms with E-state index in [-0.39, 0.29) is 6.04 Å². The van der Waals surface area contributed by atoms with Gasteiger partial charge in [0.2, 0.25) is 0 Å². The first-order valence-electron chi connectivity index (χ1n) is 6.49. The number of nitrogens with zero attached hydrogens (tertiary/aromatic N) is 1. The van der Waals surface area contributed by atoms with Crippen LogP contribution < -0.4 is 5.32 Å². The molecule has 0 aliphatic heterocycles. The molecular formula is C15H20N2S. The van der Waals surface area contributed by atoms with E-state index in [1.165, 1.54) is 21.7 Å². The van der Waals surface area contributed by atoms with Crippen molar-refractivity contribution in [3.05, 3.63) is 51.5 Å². The maximum Gasteiger partial charge on any atom is 0.0764 e. The molecule has 0 amide bonds. The van der Waals surface area contributed by atoms with Gasteiger partial charge in [-0.2, -0.15) is 0 Å². The zero-order chi connectivity index (χ0) is 13.0. The van der Waals surface area contributed by atoms with Crippen LogP contribution in [0.25, 0.3) is 0 Å². The number of aromatic nitrogens is 1. The quantitative estimate of drug-likeness (QED) is 0.886. The predicted molar refractivity (Wildman–Crippen MR) is 78.2 cm³/mol. The fraction of sp³-hybridized carbons (Fsp3) is 0.400. The molecule has 1 atom stereocenters. The minimum atomic E-state index is 0.220. The van der Waals surface area contributed by atoms with Gasteiger partial charge in [-0.05, 0) is 48.5 Å². The average Bonchev–Trinajstić information content (AvgIpc) is 2.82. The van der Waals surface area contributed by atoms with Gasteiger partial charge in [0.1, 0.15) is 0 Å². The van der Waals surface area contributed by atoms with Crippen molar-refractivity contribution in [1.82, 2.24) is 10.3 Å². The first kappa shape index (κ1) is 13.2. The van der Waals surface area contributed by atoms with Crippen LogP contribution in [-0.2, 0) is 6.42 Å². The SMILES string of the molecule is CCNC(c1ccsc1C)c1ncccc1CC. The molecule has 0 spiro atoms. The van der Waals surface area contributed by atoms with Crippen LogP contribution in [0.15, 0.2) is 29.8 Å². The van der Waals surface area contributed by atoms with Gasteiger partial charge in [-0.25, -0.2) is 0 Å². The standard InChI is InChI=1S/C15H20N2S/c1-4-12-7-6-9-17-14(12)15(16-5-2)13-8-10-18-11(13)3/h6-10,15-16H,4-5H2,1-3H3. The van der Waals surface area contributed by atoms with E-state index in [1.54, 1.807) is 11.3 Å². The highest BCUT2D eigenvalue weighted by Crippen LogP contribution is 2.28. The van der Waals surface area contributed by atoms with Gasteiger partial charge in [0.05, 0.1) is 11.7 Å². The van der Waals surface area contributed by atoms with Crippen LogP contribution in [0, 0.1) is 6.92 Å². The topological polar surface area (TPSA) is 24.9 Å². The molecule has 0 bridgehead atoms. The minimum absolute atomic E-state index is 0.220. The molecule has 0 fully saturated rings. The summed E-state index contributed by atoms with van der Waals surface area (Å²) in [6, 6.07) is 6.62. The van der Waals surface area contributed by atoms with Crippen molar-refractivity contribution in [3.8, 4) is 0 Å². The van der Waals surface area contributed by atoms with Crippen molar-refractivity contribution in [2.75, 3.05) is 6.54 Å². The van der Waals surface area contributed by atoms with Crippen molar-refractivity contribution in [3.63, 3.8) is 0 Å². The van der Waals surface area contributed by atoms with E-state index in [1.807, 2.05) is 12.3 Å². The van der Waals surface area contributed by atoms with Crippen LogP contribution in [0.1, 0.15) is 41.6 Å². The molecule has 0 aliphatic carbocycles. The van der Waals surface area contributed by atoms with Crippen LogP contribution in [0.2, 0.25) is 0 Å². The Morgan fingerprint density at radius 1 is 1.33 bits per heavy atom. The molecule has 2 heterocycles. The highest BCUT2D eigenvalue weighted by Gasteiger charge is 2.19. The van der Waals surface area contributed by atoms with E-state index in [9.17, 15) is 0 Å². The molecule has 2 aromatic heterocycles. The average molecular weight is 260 g/mol. The van der Waals surface area contributed by atoms with Crippen molar-refractivity contribution in [2.24, 2.45) is 0 Å². The second-order valence-electron chi connectivity index (χ2n) is 4.32. The lowest BCUT2D eigenvalue weighted by Gasteiger charge is -2.20. The number of hydrogen-bond acceptors (Lipinski definition) is 3. The normalized spacial score (nSPS) is 12.6. The van der Waals surface area contributed by atoms with Gasteiger partial charge < -0.3 is 5.32 Å². The highest BCUT2D eigenvalue weighted by atomic mass is 32.1. The van der Waals surface area contributed by atoms with Gasteiger partial charge in [0, 0.05) is 11.1 Å². The molecular weight excluding hydrogens is 240 g/mol. The van der Waals surface area contributed by atoms with Crippen LogP contribution >= 0.6 is 11.3 Å². The maximum absolute atomic E-state index is 4.61. The van der Waals surface area contributed by atoms with Gasteiger partial charge in [0.25, 0.3) is 0 Å². The van der Waals surface area contributed by atoms with E-state index >= 15 is 0 Å². The highest BCUT2D eigenvalue weighted by molar-refractivity contribution is 7.10. The lowest BCUT2D eigenvalue weighted by atomic mass is 9.99. The van der Waals surface area contributed by atoms with Gasteiger partial charge >= 0.3 is 0 Å². The molecule has 0 saturated heterocycles. The van der Waals surface area contributed by atoms with E-state index in [0.717, 1.165) is 13.0 Å². The van der Waals surface area contributed by atoms with Crippen molar-refractivity contribution >= 4 is 11.3 Å². The molecule has 0 aromatic carbocycles. The Kier molecular flexibility index (Phi) is 4.50. The van der Waals surface area contributed by atoms with E-state index in [0.29, 0.717) is 0 Å². The van der Waals surface area contributed by atoms with Crippen molar-refractivity contribution in [2.45, 2.75) is 33.2 Å². The zero-order valence-corrected chi connectivity index (χ0v) is 12.1. The largest absolute Gasteiger partial charge is 0.305 e. The number of hydrogen-bond donors (Lipinski definition) is 1. The Hall–Kier alpha value is -1.19. The van der Waals surface area contributed by atoms with Crippen LogP contribution in [0.3, 0.4) is 0 Å². The molecule has 0 saturated carbocycles. The third-order valence-corrected chi connectivity index (χ3v) is 4.06. The summed E-state index contributed by atoms with van der Waals surface area (Å²) in [6.45, 7) is 7.45. The molecule has 2 nitrogen and oxygen atoms in total. The summed E-state index contributed by atoms with van der Waals surface area (Å²) in [6.07, 6.45) is 2.91. The van der Waals surface area contributed by atoms with Gasteiger partial charge in [-0.1, -0.05) is 19.9 Å². The van der Waals surface area contributed by atoms with Gasteiger partial charge in [-0.3, -0.25) is 4.98 Å². The second kappa shape index (κ2) is 6.12. The summed E-state index contributed by atoms with van der Waals surface area (Å²) in [4.78, 5) is 5.98. The molecule has 1 unspecified atom stereocenters. The van der Waals surface area contributed by atoms with Gasteiger partial charge in [0.15, 0.2) is 0 Å². The first-order chi connectivity index (χ1) is 8.77. The third-order valence-electron chi connectivity index (χ3n) is 3.20. The zero-order valence-electron chi connectivity index (χ0n) is 11.2. The fourth-order valence-corrected chi connectivity index (χ4v) is 3.00. The Labute approximate surface area is 113 Å². The molecule has 2 aromatic rings. The van der Waals surface area contributed by atoms with Crippen molar-refractivity contribution in [1.29, 1.82) is 0 Å². The minimum Gasteiger partial charge on any atom is -0.305 e. The monoisotopic (exact) mass is 260 g/mol. The molecule has 3 heteroatoms. The summed E-state index contributed by atoms with van der Waals surface area (Å²) < 4.78 is 0. The number of nitrogens with one attached hydrogen (secondary N) is 1. The summed E-state index contributed by atoms with van der Waals surface area (Å²) >= 11 is 1.80. The van der Waals surface area contributed by atoms with Crippen LogP contribution in [0.4, 0.5) is 0 Å². The Bertz CT molecular complexity index is 505. The lowest BCUT2D eigenvalue weighted by molar-refractivity contribution is 0.609. The van der Waals surface area contributed by atoms with Crippen molar-refractivity contribution < 1.29 is 0 Å². The summed E-state index contributed by atoms with van der Waals surface area (Å²) in [7, 11) is 0. The second-order valence-corrected chi connectivity index (χ2v) is 5.44. The molecule has 18 heavy (non-hydrogen) atoms. The first-order valence-corrected chi connectivity index (χ1v) is 7.37. The Morgan fingerprint density at radius 2 is 2.17 bits per heavy atom. The Morgan fingerprint density at radius 3 is 2.78 bits per heavy atom. The molecule has 2 rings (SSSR count). The van der Waals surface area contributed by atoms with E-state index in [4.69, 9.17) is 0 Å². The van der Waals surface area contributed by atoms with Crippen LogP contribution in [-0.4, -0.2) is 11.5 Å². The molecule has 0 aliphatic rings. The number of rotatable bonds is 5. The molecule has 96 valence electrons. The number of pyridine rings is 1. The Balaban J connectivity index is 2.45. The summed E-state index contributed by atoms with van der Waals surface area (Å²) in [5.74, 6) is 0. The van der Waals surface area contributed by atoms with Gasteiger partial charge in [-0.15, -0.1) is 11.3 Å². The van der Waals surface area contributed by atoms with Crippen LogP contribution in [0.5, 0.6) is 0 Å². The number of thiophene rings is 1. The fourth-order valence-electron chi connectivity index (χ4n) is 2.26. The summed E-state index contributed by atoms with van der Waals surface area (Å²) in [5, 5.41) is 5.72. The summed E-state index contributed by atoms with van der Waals surface area (Å²) in [5.41, 5.74) is 3.85. The third kappa shape index (κ3) is 2.62. The van der Waals surface area contributed by atoms with E-state index < -0.39 is 0 Å². The lowest BCUT2D eigenvalue weighted by Crippen LogP contribution is -2.24. The number of aryl methyl sites for hydroxylation is 2.